The number of rotatable bonds is 6. The van der Waals surface area contributed by atoms with Crippen LogP contribution in [-0.2, 0) is 13.6 Å². The van der Waals surface area contributed by atoms with Crippen LogP contribution in [0.1, 0.15) is 35.6 Å². The molecular weight excluding hydrogens is 390 g/mol. The minimum Gasteiger partial charge on any atom is -0.467 e. The van der Waals surface area contributed by atoms with Crippen LogP contribution in [0.4, 0.5) is 5.95 Å². The zero-order chi connectivity index (χ0) is 20.2. The van der Waals surface area contributed by atoms with Crippen LogP contribution in [-0.4, -0.2) is 50.8 Å². The monoisotopic (exact) mass is 413 g/mol. The molecule has 4 rings (SSSR count). The first-order valence-electron chi connectivity index (χ1n) is 9.54. The first kappa shape index (κ1) is 19.3. The molecule has 1 saturated heterocycles. The molecule has 10 heteroatoms. The molecule has 0 aromatic carbocycles. The SMILES string of the molecule is COc1nc(CNC(=O)c2cc(-c3cccs3)nn2C)nc(N2CCCCC2)n1. The van der Waals surface area contributed by atoms with Crippen LogP contribution >= 0.6 is 11.3 Å². The van der Waals surface area contributed by atoms with Crippen molar-refractivity contribution in [2.45, 2.75) is 25.8 Å². The molecule has 1 N–H and O–H groups in total. The predicted molar refractivity (Wildman–Crippen MR) is 110 cm³/mol. The number of methoxy groups -OCH3 is 1. The van der Waals surface area contributed by atoms with E-state index < -0.39 is 0 Å². The lowest BCUT2D eigenvalue weighted by atomic mass is 10.1. The summed E-state index contributed by atoms with van der Waals surface area (Å²) < 4.78 is 6.81. The summed E-state index contributed by atoms with van der Waals surface area (Å²) in [6, 6.07) is 5.98. The summed E-state index contributed by atoms with van der Waals surface area (Å²) in [4.78, 5) is 29.0. The van der Waals surface area contributed by atoms with Crippen molar-refractivity contribution in [2.24, 2.45) is 7.05 Å². The van der Waals surface area contributed by atoms with Crippen molar-refractivity contribution in [1.29, 1.82) is 0 Å². The molecule has 1 aliphatic rings. The molecule has 0 spiro atoms. The number of nitrogens with one attached hydrogen (secondary N) is 1. The maximum Gasteiger partial charge on any atom is 0.321 e. The lowest BCUT2D eigenvalue weighted by molar-refractivity contribution is 0.0940. The van der Waals surface area contributed by atoms with E-state index in [1.54, 1.807) is 29.1 Å². The average Bonchev–Trinajstić information content (AvgIpc) is 3.42. The van der Waals surface area contributed by atoms with Crippen LogP contribution in [0.15, 0.2) is 23.6 Å². The third kappa shape index (κ3) is 4.37. The number of carbonyl (C=O) groups excluding carboxylic acids is 1. The summed E-state index contributed by atoms with van der Waals surface area (Å²) in [6.07, 6.45) is 3.46. The van der Waals surface area contributed by atoms with E-state index in [1.807, 2.05) is 17.5 Å². The standard InChI is InChI=1S/C19H23N7O2S/c1-25-14(11-13(24-25)15-7-6-10-29-15)17(27)20-12-16-21-18(23-19(22-16)28-2)26-8-4-3-5-9-26/h6-7,10-11H,3-5,8-9,12H2,1-2H3,(H,20,27). The molecule has 0 saturated carbocycles. The largest absolute Gasteiger partial charge is 0.467 e. The van der Waals surface area contributed by atoms with Crippen LogP contribution in [0.2, 0.25) is 0 Å². The second-order valence-electron chi connectivity index (χ2n) is 6.78. The van der Waals surface area contributed by atoms with Gasteiger partial charge in [-0.1, -0.05) is 6.07 Å². The zero-order valence-electron chi connectivity index (χ0n) is 16.5. The van der Waals surface area contributed by atoms with Gasteiger partial charge in [0, 0.05) is 20.1 Å². The van der Waals surface area contributed by atoms with Gasteiger partial charge in [0.15, 0.2) is 5.82 Å². The number of piperidine rings is 1. The molecule has 152 valence electrons. The lowest BCUT2D eigenvalue weighted by Crippen LogP contribution is -2.32. The van der Waals surface area contributed by atoms with E-state index in [0.717, 1.165) is 36.5 Å². The number of ether oxygens (including phenoxy) is 1. The molecule has 4 heterocycles. The number of hydrogen-bond donors (Lipinski definition) is 1. The Labute approximate surface area is 172 Å². The van der Waals surface area contributed by atoms with Gasteiger partial charge in [-0.15, -0.1) is 11.3 Å². The third-order valence-corrected chi connectivity index (χ3v) is 5.66. The number of carbonyl (C=O) groups is 1. The Hall–Kier alpha value is -3.01. The van der Waals surface area contributed by atoms with Gasteiger partial charge in [-0.25, -0.2) is 0 Å². The lowest BCUT2D eigenvalue weighted by Gasteiger charge is -2.26. The van der Waals surface area contributed by atoms with E-state index in [1.165, 1.54) is 13.5 Å². The molecule has 9 nitrogen and oxygen atoms in total. The molecule has 1 amide bonds. The van der Waals surface area contributed by atoms with E-state index in [2.05, 4.69) is 30.3 Å². The molecule has 3 aromatic rings. The number of thiophene rings is 1. The van der Waals surface area contributed by atoms with Crippen LogP contribution in [0, 0.1) is 0 Å². The molecule has 0 atom stereocenters. The normalized spacial score (nSPS) is 14.1. The van der Waals surface area contributed by atoms with Crippen LogP contribution in [0.5, 0.6) is 6.01 Å². The highest BCUT2D eigenvalue weighted by Crippen LogP contribution is 2.24. The topological polar surface area (TPSA) is 98.1 Å². The molecule has 0 unspecified atom stereocenters. The van der Waals surface area contributed by atoms with Gasteiger partial charge in [-0.2, -0.15) is 20.1 Å². The molecular formula is C19H23N7O2S. The van der Waals surface area contributed by atoms with Crippen LogP contribution < -0.4 is 15.0 Å². The molecule has 0 bridgehead atoms. The molecule has 1 aliphatic heterocycles. The summed E-state index contributed by atoms with van der Waals surface area (Å²) in [7, 11) is 3.28. The second-order valence-corrected chi connectivity index (χ2v) is 7.73. The van der Waals surface area contributed by atoms with E-state index in [-0.39, 0.29) is 18.5 Å². The highest BCUT2D eigenvalue weighted by molar-refractivity contribution is 7.13. The fourth-order valence-corrected chi connectivity index (χ4v) is 3.95. The van der Waals surface area contributed by atoms with Gasteiger partial charge in [0.25, 0.3) is 5.91 Å². The van der Waals surface area contributed by atoms with E-state index in [0.29, 0.717) is 17.5 Å². The highest BCUT2D eigenvalue weighted by atomic mass is 32.1. The zero-order valence-corrected chi connectivity index (χ0v) is 17.3. The number of nitrogens with zero attached hydrogens (tertiary/aromatic N) is 6. The first-order valence-corrected chi connectivity index (χ1v) is 10.4. The summed E-state index contributed by atoms with van der Waals surface area (Å²) in [5.41, 5.74) is 1.26. The van der Waals surface area contributed by atoms with Gasteiger partial charge >= 0.3 is 6.01 Å². The Morgan fingerprint density at radius 3 is 2.79 bits per heavy atom. The Morgan fingerprint density at radius 1 is 1.24 bits per heavy atom. The van der Waals surface area contributed by atoms with Crippen molar-refractivity contribution < 1.29 is 9.53 Å². The van der Waals surface area contributed by atoms with Gasteiger partial charge in [0.1, 0.15) is 11.4 Å². The number of aromatic nitrogens is 5. The van der Waals surface area contributed by atoms with Crippen molar-refractivity contribution in [3.8, 4) is 16.6 Å². The van der Waals surface area contributed by atoms with E-state index in [4.69, 9.17) is 4.74 Å². The molecule has 1 fully saturated rings. The first-order chi connectivity index (χ1) is 14.1. The molecule has 0 radical (unpaired) electrons. The molecule has 3 aromatic heterocycles. The average molecular weight is 414 g/mol. The van der Waals surface area contributed by atoms with Gasteiger partial charge < -0.3 is 15.0 Å². The van der Waals surface area contributed by atoms with Gasteiger partial charge in [0.2, 0.25) is 5.95 Å². The summed E-state index contributed by atoms with van der Waals surface area (Å²) in [5, 5.41) is 9.29. The van der Waals surface area contributed by atoms with Crippen molar-refractivity contribution in [3.63, 3.8) is 0 Å². The Bertz CT molecular complexity index is 981. The van der Waals surface area contributed by atoms with Crippen molar-refractivity contribution in [1.82, 2.24) is 30.0 Å². The van der Waals surface area contributed by atoms with Crippen molar-refractivity contribution in [3.05, 3.63) is 35.1 Å². The number of aryl methyl sites for hydroxylation is 1. The highest BCUT2D eigenvalue weighted by Gasteiger charge is 2.18. The Balaban J connectivity index is 1.47. The molecule has 0 aliphatic carbocycles. The Kier molecular flexibility index (Phi) is 5.70. The van der Waals surface area contributed by atoms with Gasteiger partial charge in [-0.3, -0.25) is 9.48 Å². The van der Waals surface area contributed by atoms with Crippen molar-refractivity contribution in [2.75, 3.05) is 25.1 Å². The van der Waals surface area contributed by atoms with Gasteiger partial charge in [0.05, 0.1) is 18.5 Å². The predicted octanol–water partition coefficient (Wildman–Crippen LogP) is 2.26. The van der Waals surface area contributed by atoms with Crippen LogP contribution in [0.25, 0.3) is 10.6 Å². The summed E-state index contributed by atoms with van der Waals surface area (Å²) >= 11 is 1.59. The fraction of sp³-hybridized carbons (Fsp3) is 0.421. The fourth-order valence-electron chi connectivity index (χ4n) is 3.27. The Morgan fingerprint density at radius 2 is 2.07 bits per heavy atom. The molecule has 29 heavy (non-hydrogen) atoms. The number of anilines is 1. The van der Waals surface area contributed by atoms with Crippen molar-refractivity contribution >= 4 is 23.2 Å². The quantitative estimate of drug-likeness (QED) is 0.662. The summed E-state index contributed by atoms with van der Waals surface area (Å²) in [5.74, 6) is 0.828. The van der Waals surface area contributed by atoms with E-state index in [9.17, 15) is 4.79 Å². The smallest absolute Gasteiger partial charge is 0.321 e. The number of hydrogen-bond acceptors (Lipinski definition) is 8. The summed E-state index contributed by atoms with van der Waals surface area (Å²) in [6.45, 7) is 2.01. The maximum absolute atomic E-state index is 12.7. The maximum atomic E-state index is 12.7. The van der Waals surface area contributed by atoms with Crippen LogP contribution in [0.3, 0.4) is 0 Å². The minimum atomic E-state index is -0.235. The third-order valence-electron chi connectivity index (χ3n) is 4.76. The minimum absolute atomic E-state index is 0.179. The second kappa shape index (κ2) is 8.56. The van der Waals surface area contributed by atoms with E-state index >= 15 is 0 Å². The van der Waals surface area contributed by atoms with Gasteiger partial charge in [-0.05, 0) is 36.8 Å². The number of amides is 1.